The highest BCUT2D eigenvalue weighted by Crippen LogP contribution is 2.26. The highest BCUT2D eigenvalue weighted by Gasteiger charge is 2.27. The van der Waals surface area contributed by atoms with Crippen molar-refractivity contribution in [3.05, 3.63) is 64.9 Å². The second-order valence-corrected chi connectivity index (χ2v) is 7.25. The Morgan fingerprint density at radius 3 is 2.84 bits per heavy atom. The molecular formula is C20H19BrN2O2. The number of hydrogen-bond acceptors (Lipinski definition) is 2. The van der Waals surface area contributed by atoms with Crippen LogP contribution in [0.2, 0.25) is 0 Å². The van der Waals surface area contributed by atoms with Gasteiger partial charge in [-0.2, -0.15) is 0 Å². The first-order valence-electron chi connectivity index (χ1n) is 8.38. The number of halogens is 1. The monoisotopic (exact) mass is 398 g/mol. The quantitative estimate of drug-likeness (QED) is 0.655. The predicted molar refractivity (Wildman–Crippen MR) is 102 cm³/mol. The Morgan fingerprint density at radius 1 is 1.16 bits per heavy atom. The number of fused-ring (bicyclic) bond motifs is 2. The summed E-state index contributed by atoms with van der Waals surface area (Å²) in [5.41, 5.74) is 1.18. The highest BCUT2D eigenvalue weighted by atomic mass is 79.9. The molecule has 128 valence electrons. The second kappa shape index (κ2) is 6.56. The van der Waals surface area contributed by atoms with Gasteiger partial charge in [0, 0.05) is 29.5 Å². The van der Waals surface area contributed by atoms with E-state index in [1.54, 1.807) is 0 Å². The lowest BCUT2D eigenvalue weighted by Crippen LogP contribution is -2.42. The molecule has 0 bridgehead atoms. The normalized spacial score (nSPS) is 16.7. The zero-order valence-electron chi connectivity index (χ0n) is 14.0. The molecular weight excluding hydrogens is 380 g/mol. The molecule has 0 spiro atoms. The van der Waals surface area contributed by atoms with E-state index in [0.717, 1.165) is 34.1 Å². The number of ether oxygens (including phenoxy) is 1. The Hall–Kier alpha value is -2.27. The molecule has 2 heterocycles. The number of amides is 1. The molecule has 0 N–H and O–H groups in total. The van der Waals surface area contributed by atoms with Gasteiger partial charge in [-0.05, 0) is 54.1 Å². The molecule has 4 rings (SSSR count). The van der Waals surface area contributed by atoms with E-state index < -0.39 is 0 Å². The molecule has 0 fully saturated rings. The first-order valence-corrected chi connectivity index (χ1v) is 9.18. The molecule has 0 aliphatic carbocycles. The van der Waals surface area contributed by atoms with E-state index in [9.17, 15) is 4.79 Å². The van der Waals surface area contributed by atoms with Crippen molar-refractivity contribution in [2.75, 3.05) is 13.2 Å². The van der Waals surface area contributed by atoms with Gasteiger partial charge < -0.3 is 14.2 Å². The SMILES string of the molecule is CC1c2cccn2CCN1C(=O)COc1ccc2cc(Br)ccc2c1. The van der Waals surface area contributed by atoms with Crippen LogP contribution in [0.15, 0.2) is 59.2 Å². The van der Waals surface area contributed by atoms with E-state index in [1.165, 1.54) is 5.69 Å². The Kier molecular flexibility index (Phi) is 4.25. The van der Waals surface area contributed by atoms with Crippen LogP contribution >= 0.6 is 15.9 Å². The van der Waals surface area contributed by atoms with Crippen molar-refractivity contribution in [1.82, 2.24) is 9.47 Å². The molecule has 3 aromatic rings. The maximum absolute atomic E-state index is 12.6. The Balaban J connectivity index is 1.44. The molecule has 1 atom stereocenters. The van der Waals surface area contributed by atoms with E-state index in [2.05, 4.69) is 45.8 Å². The molecule has 0 saturated carbocycles. The van der Waals surface area contributed by atoms with Crippen molar-refractivity contribution >= 4 is 32.6 Å². The van der Waals surface area contributed by atoms with Gasteiger partial charge in [0.1, 0.15) is 5.75 Å². The van der Waals surface area contributed by atoms with Gasteiger partial charge in [-0.3, -0.25) is 4.79 Å². The van der Waals surface area contributed by atoms with Crippen LogP contribution < -0.4 is 4.74 Å². The van der Waals surface area contributed by atoms with Crippen LogP contribution in [0, 0.1) is 0 Å². The number of aromatic nitrogens is 1. The molecule has 5 heteroatoms. The van der Waals surface area contributed by atoms with E-state index in [-0.39, 0.29) is 18.6 Å². The van der Waals surface area contributed by atoms with E-state index >= 15 is 0 Å². The summed E-state index contributed by atoms with van der Waals surface area (Å²) in [6, 6.07) is 16.2. The fourth-order valence-corrected chi connectivity index (χ4v) is 3.81. The maximum Gasteiger partial charge on any atom is 0.261 e. The summed E-state index contributed by atoms with van der Waals surface area (Å²) in [4.78, 5) is 14.5. The number of carbonyl (C=O) groups is 1. The number of nitrogens with zero attached hydrogens (tertiary/aromatic N) is 2. The molecule has 2 aromatic carbocycles. The van der Waals surface area contributed by atoms with Crippen molar-refractivity contribution in [3.8, 4) is 5.75 Å². The first-order chi connectivity index (χ1) is 12.1. The first kappa shape index (κ1) is 16.2. The zero-order chi connectivity index (χ0) is 17.4. The Labute approximate surface area is 155 Å². The molecule has 1 amide bonds. The van der Waals surface area contributed by atoms with E-state index in [0.29, 0.717) is 0 Å². The molecule has 0 saturated heterocycles. The fourth-order valence-electron chi connectivity index (χ4n) is 3.43. The molecule has 1 aliphatic rings. The second-order valence-electron chi connectivity index (χ2n) is 6.33. The fraction of sp³-hybridized carbons (Fsp3) is 0.250. The third-order valence-corrected chi connectivity index (χ3v) is 5.29. The van der Waals surface area contributed by atoms with E-state index in [1.807, 2.05) is 41.3 Å². The summed E-state index contributed by atoms with van der Waals surface area (Å²) in [6.07, 6.45) is 2.07. The van der Waals surface area contributed by atoms with Gasteiger partial charge in [-0.15, -0.1) is 0 Å². The molecule has 4 nitrogen and oxygen atoms in total. The van der Waals surface area contributed by atoms with Crippen LogP contribution in [0.1, 0.15) is 18.7 Å². The third-order valence-electron chi connectivity index (χ3n) is 4.80. The largest absolute Gasteiger partial charge is 0.484 e. The van der Waals surface area contributed by atoms with Crippen molar-refractivity contribution in [2.24, 2.45) is 0 Å². The Bertz CT molecular complexity index is 934. The van der Waals surface area contributed by atoms with Crippen LogP contribution in [0.3, 0.4) is 0 Å². The standard InChI is InChI=1S/C20H19BrN2O2/c1-14-19-3-2-8-22(19)9-10-23(14)20(24)13-25-18-7-5-15-11-17(21)6-4-16(15)12-18/h2-8,11-12,14H,9-10,13H2,1H3. The van der Waals surface area contributed by atoms with Gasteiger partial charge in [0.05, 0.1) is 6.04 Å². The highest BCUT2D eigenvalue weighted by molar-refractivity contribution is 9.10. The van der Waals surface area contributed by atoms with Gasteiger partial charge in [0.25, 0.3) is 5.91 Å². The summed E-state index contributed by atoms with van der Waals surface area (Å²) in [6.45, 7) is 3.68. The van der Waals surface area contributed by atoms with Crippen molar-refractivity contribution in [1.29, 1.82) is 0 Å². The number of carbonyl (C=O) groups excluding carboxylic acids is 1. The topological polar surface area (TPSA) is 34.5 Å². The van der Waals surface area contributed by atoms with Gasteiger partial charge in [0.2, 0.25) is 0 Å². The summed E-state index contributed by atoms with van der Waals surface area (Å²) >= 11 is 3.48. The molecule has 1 aliphatic heterocycles. The van der Waals surface area contributed by atoms with Gasteiger partial charge in [0.15, 0.2) is 6.61 Å². The van der Waals surface area contributed by atoms with Crippen molar-refractivity contribution < 1.29 is 9.53 Å². The van der Waals surface area contributed by atoms with Crippen LogP contribution in [-0.2, 0) is 11.3 Å². The number of hydrogen-bond donors (Lipinski definition) is 0. The third kappa shape index (κ3) is 3.16. The summed E-state index contributed by atoms with van der Waals surface area (Å²) in [7, 11) is 0. The number of rotatable bonds is 3. The minimum atomic E-state index is 0.0239. The molecule has 0 radical (unpaired) electrons. The average Bonchev–Trinajstić information content (AvgIpc) is 3.09. The minimum Gasteiger partial charge on any atom is -0.484 e. The van der Waals surface area contributed by atoms with E-state index in [4.69, 9.17) is 4.74 Å². The van der Waals surface area contributed by atoms with Crippen molar-refractivity contribution in [3.63, 3.8) is 0 Å². The Morgan fingerprint density at radius 2 is 1.96 bits per heavy atom. The summed E-state index contributed by atoms with van der Waals surface area (Å²) in [5.74, 6) is 0.743. The predicted octanol–water partition coefficient (Wildman–Crippen LogP) is 4.39. The van der Waals surface area contributed by atoms with Gasteiger partial charge in [-0.25, -0.2) is 0 Å². The summed E-state index contributed by atoms with van der Waals surface area (Å²) < 4.78 is 9.02. The zero-order valence-corrected chi connectivity index (χ0v) is 15.6. The average molecular weight is 399 g/mol. The van der Waals surface area contributed by atoms with Crippen LogP contribution in [0.5, 0.6) is 5.75 Å². The molecule has 1 aromatic heterocycles. The summed E-state index contributed by atoms with van der Waals surface area (Å²) in [5, 5.41) is 2.23. The van der Waals surface area contributed by atoms with Gasteiger partial charge >= 0.3 is 0 Å². The molecule has 25 heavy (non-hydrogen) atoms. The minimum absolute atomic E-state index is 0.0239. The van der Waals surface area contributed by atoms with Crippen LogP contribution in [0.25, 0.3) is 10.8 Å². The lowest BCUT2D eigenvalue weighted by molar-refractivity contribution is -0.136. The lowest BCUT2D eigenvalue weighted by atomic mass is 10.1. The van der Waals surface area contributed by atoms with Crippen LogP contribution in [-0.4, -0.2) is 28.5 Å². The lowest BCUT2D eigenvalue weighted by Gasteiger charge is -2.34. The maximum atomic E-state index is 12.6. The van der Waals surface area contributed by atoms with Gasteiger partial charge in [-0.1, -0.05) is 28.1 Å². The smallest absolute Gasteiger partial charge is 0.261 e. The van der Waals surface area contributed by atoms with Crippen molar-refractivity contribution in [2.45, 2.75) is 19.5 Å². The number of benzene rings is 2. The van der Waals surface area contributed by atoms with Crippen LogP contribution in [0.4, 0.5) is 0 Å². The molecule has 1 unspecified atom stereocenters.